The van der Waals surface area contributed by atoms with Gasteiger partial charge < -0.3 is 20.0 Å². The van der Waals surface area contributed by atoms with Crippen molar-refractivity contribution in [3.63, 3.8) is 0 Å². The van der Waals surface area contributed by atoms with E-state index in [-0.39, 0.29) is 18.0 Å². The first-order valence-electron chi connectivity index (χ1n) is 10.6. The maximum absolute atomic E-state index is 12.6. The Morgan fingerprint density at radius 1 is 1.18 bits per heavy atom. The molecule has 0 bridgehead atoms. The fourth-order valence-corrected chi connectivity index (χ4v) is 5.65. The zero-order chi connectivity index (χ0) is 20.0. The number of nitrogens with one attached hydrogen (secondary N) is 1. The molecule has 0 radical (unpaired) electrons. The molecule has 6 heteroatoms. The molecule has 2 aliphatic heterocycles. The lowest BCUT2D eigenvalue weighted by Gasteiger charge is -2.47. The Hall–Kier alpha value is -2.08. The van der Waals surface area contributed by atoms with Gasteiger partial charge in [-0.2, -0.15) is 0 Å². The van der Waals surface area contributed by atoms with E-state index in [9.17, 15) is 9.59 Å². The van der Waals surface area contributed by atoms with Crippen LogP contribution in [-0.2, 0) is 4.79 Å². The Morgan fingerprint density at radius 3 is 2.61 bits per heavy atom. The van der Waals surface area contributed by atoms with Crippen LogP contribution in [0.4, 0.5) is 10.5 Å². The van der Waals surface area contributed by atoms with Crippen molar-refractivity contribution in [2.75, 3.05) is 38.1 Å². The third-order valence-corrected chi connectivity index (χ3v) is 6.98. The summed E-state index contributed by atoms with van der Waals surface area (Å²) < 4.78 is 0. The summed E-state index contributed by atoms with van der Waals surface area (Å²) in [5.74, 6) is 0.961. The molecule has 28 heavy (non-hydrogen) atoms. The van der Waals surface area contributed by atoms with Crippen LogP contribution in [0.2, 0.25) is 0 Å². The highest BCUT2D eigenvalue weighted by molar-refractivity contribution is 5.94. The number of benzene rings is 1. The first-order valence-corrected chi connectivity index (χ1v) is 10.6. The summed E-state index contributed by atoms with van der Waals surface area (Å²) in [6, 6.07) is 7.09. The third-order valence-electron chi connectivity index (χ3n) is 6.98. The molecule has 1 fully saturated rings. The highest BCUT2D eigenvalue weighted by Crippen LogP contribution is 2.51. The van der Waals surface area contributed by atoms with Crippen molar-refractivity contribution >= 4 is 17.6 Å². The second-order valence-corrected chi connectivity index (χ2v) is 8.51. The molecule has 4 atom stereocenters. The van der Waals surface area contributed by atoms with Crippen LogP contribution in [0.3, 0.4) is 0 Å². The van der Waals surface area contributed by atoms with Gasteiger partial charge in [0.05, 0.1) is 0 Å². The molecule has 0 aromatic heterocycles. The van der Waals surface area contributed by atoms with Gasteiger partial charge in [0, 0.05) is 62.7 Å². The van der Waals surface area contributed by atoms with Crippen LogP contribution in [0.1, 0.15) is 56.6 Å². The van der Waals surface area contributed by atoms with Gasteiger partial charge in [0.1, 0.15) is 0 Å². The first-order chi connectivity index (χ1) is 13.4. The van der Waals surface area contributed by atoms with E-state index in [2.05, 4.69) is 35.5 Å². The van der Waals surface area contributed by atoms with Crippen molar-refractivity contribution in [1.29, 1.82) is 0 Å². The molecule has 0 unspecified atom stereocenters. The van der Waals surface area contributed by atoms with Gasteiger partial charge in [0.15, 0.2) is 0 Å². The number of hydrogen-bond donors (Lipinski definition) is 1. The molecule has 0 spiro atoms. The standard InChI is InChI=1S/C22H32N4O2/c1-5-25(6-2)22(28)23-16-11-18-17-8-7-9-19-21(17)15(12-26(19)14(3)27)10-20(18)24(4)13-16/h7-9,15-16,18,20H,5-6,10-13H2,1-4H3,(H,23,28)/t15-,16+,18-,20-/m1/s1. The summed E-state index contributed by atoms with van der Waals surface area (Å²) in [7, 11) is 2.18. The third kappa shape index (κ3) is 3.08. The monoisotopic (exact) mass is 384 g/mol. The zero-order valence-electron chi connectivity index (χ0n) is 17.4. The molecule has 2 heterocycles. The summed E-state index contributed by atoms with van der Waals surface area (Å²) in [5.41, 5.74) is 3.87. The van der Waals surface area contributed by atoms with Gasteiger partial charge in [-0.05, 0) is 50.9 Å². The van der Waals surface area contributed by atoms with Gasteiger partial charge >= 0.3 is 6.03 Å². The molecule has 0 saturated carbocycles. The second-order valence-electron chi connectivity index (χ2n) is 8.51. The SMILES string of the molecule is CCN(CC)C(=O)N[C@H]1C[C@@H]2c3cccc4c3[C@H](C[C@H]2N(C)C1)CN4C(C)=O. The lowest BCUT2D eigenvalue weighted by Crippen LogP contribution is -2.56. The Bertz CT molecular complexity index is 776. The molecule has 152 valence electrons. The summed E-state index contributed by atoms with van der Waals surface area (Å²) >= 11 is 0. The van der Waals surface area contributed by atoms with Crippen molar-refractivity contribution in [3.8, 4) is 0 Å². The number of carbonyl (C=O) groups is 2. The van der Waals surface area contributed by atoms with Crippen LogP contribution < -0.4 is 10.2 Å². The highest BCUT2D eigenvalue weighted by atomic mass is 16.2. The predicted molar refractivity (Wildman–Crippen MR) is 111 cm³/mol. The summed E-state index contributed by atoms with van der Waals surface area (Å²) in [5, 5.41) is 3.26. The number of likely N-dealkylation sites (N-methyl/N-ethyl adjacent to an activating group) is 1. The number of hydrogen-bond acceptors (Lipinski definition) is 3. The van der Waals surface area contributed by atoms with Gasteiger partial charge in [-0.15, -0.1) is 0 Å². The van der Waals surface area contributed by atoms with Crippen LogP contribution in [0.25, 0.3) is 0 Å². The minimum atomic E-state index is 0.0385. The number of anilines is 1. The van der Waals surface area contributed by atoms with E-state index < -0.39 is 0 Å². The minimum Gasteiger partial charge on any atom is -0.334 e. The average molecular weight is 385 g/mol. The van der Waals surface area contributed by atoms with E-state index in [1.54, 1.807) is 6.92 Å². The quantitative estimate of drug-likeness (QED) is 0.872. The van der Waals surface area contributed by atoms with Crippen LogP contribution in [0.5, 0.6) is 0 Å². The Kier molecular flexibility index (Phi) is 5.08. The Balaban J connectivity index is 1.60. The number of fused-ring (bicyclic) bond motifs is 2. The van der Waals surface area contributed by atoms with Gasteiger partial charge in [-0.1, -0.05) is 12.1 Å². The van der Waals surface area contributed by atoms with E-state index >= 15 is 0 Å². The van der Waals surface area contributed by atoms with Gasteiger partial charge in [0.2, 0.25) is 5.91 Å². The van der Waals surface area contributed by atoms with Crippen molar-refractivity contribution in [2.45, 2.75) is 57.5 Å². The Morgan fingerprint density at radius 2 is 1.93 bits per heavy atom. The number of amides is 3. The maximum atomic E-state index is 12.6. The molecule has 6 nitrogen and oxygen atoms in total. The molecule has 3 amide bonds. The highest BCUT2D eigenvalue weighted by Gasteiger charge is 2.46. The number of carbonyl (C=O) groups excluding carboxylic acids is 2. The fraction of sp³-hybridized carbons (Fsp3) is 0.636. The van der Waals surface area contributed by atoms with Crippen molar-refractivity contribution < 1.29 is 9.59 Å². The molecule has 1 saturated heterocycles. The molecule has 1 N–H and O–H groups in total. The van der Waals surface area contributed by atoms with E-state index in [0.717, 1.165) is 44.7 Å². The van der Waals surface area contributed by atoms with Crippen molar-refractivity contribution in [3.05, 3.63) is 29.3 Å². The summed E-state index contributed by atoms with van der Waals surface area (Å²) in [6.07, 6.45) is 2.05. The topological polar surface area (TPSA) is 55.9 Å². The van der Waals surface area contributed by atoms with Crippen LogP contribution in [0.15, 0.2) is 18.2 Å². The predicted octanol–water partition coefficient (Wildman–Crippen LogP) is 2.75. The number of piperidine rings is 1. The molecule has 1 aromatic carbocycles. The maximum Gasteiger partial charge on any atom is 0.317 e. The van der Waals surface area contributed by atoms with E-state index in [1.807, 2.05) is 23.6 Å². The van der Waals surface area contributed by atoms with E-state index in [4.69, 9.17) is 0 Å². The second kappa shape index (κ2) is 7.39. The van der Waals surface area contributed by atoms with E-state index in [1.165, 1.54) is 11.1 Å². The average Bonchev–Trinajstić information content (AvgIpc) is 3.04. The van der Waals surface area contributed by atoms with Gasteiger partial charge in [-0.3, -0.25) is 4.79 Å². The number of nitrogens with zero attached hydrogens (tertiary/aromatic N) is 3. The number of rotatable bonds is 3. The number of likely N-dealkylation sites (tertiary alicyclic amines) is 1. The molecule has 3 aliphatic rings. The molecule has 1 aliphatic carbocycles. The summed E-state index contributed by atoms with van der Waals surface area (Å²) in [4.78, 5) is 30.9. The smallest absolute Gasteiger partial charge is 0.317 e. The molecule has 1 aromatic rings. The largest absolute Gasteiger partial charge is 0.334 e. The normalized spacial score (nSPS) is 28.5. The van der Waals surface area contributed by atoms with Crippen LogP contribution in [0, 0.1) is 0 Å². The molecular weight excluding hydrogens is 352 g/mol. The fourth-order valence-electron chi connectivity index (χ4n) is 5.65. The van der Waals surface area contributed by atoms with Crippen LogP contribution >= 0.6 is 0 Å². The lowest BCUT2D eigenvalue weighted by molar-refractivity contribution is -0.116. The number of urea groups is 1. The minimum absolute atomic E-state index is 0.0385. The lowest BCUT2D eigenvalue weighted by atomic mass is 9.70. The van der Waals surface area contributed by atoms with Crippen LogP contribution in [-0.4, -0.2) is 67.0 Å². The molecule has 4 rings (SSSR count). The first kappa shape index (κ1) is 19.2. The van der Waals surface area contributed by atoms with Crippen molar-refractivity contribution in [2.24, 2.45) is 0 Å². The van der Waals surface area contributed by atoms with Gasteiger partial charge in [-0.25, -0.2) is 4.79 Å². The zero-order valence-corrected chi connectivity index (χ0v) is 17.4. The molecular formula is C22H32N4O2. The van der Waals surface area contributed by atoms with Crippen molar-refractivity contribution in [1.82, 2.24) is 15.1 Å². The Labute approximate surface area is 167 Å². The van der Waals surface area contributed by atoms with Gasteiger partial charge in [0.25, 0.3) is 0 Å². The summed E-state index contributed by atoms with van der Waals surface area (Å²) in [6.45, 7) is 8.84. The van der Waals surface area contributed by atoms with E-state index in [0.29, 0.717) is 17.9 Å².